The van der Waals surface area contributed by atoms with Gasteiger partial charge in [-0.05, 0) is 30.7 Å². The Labute approximate surface area is 105 Å². The molecule has 1 fully saturated rings. The lowest BCUT2D eigenvalue weighted by molar-refractivity contribution is 0.0696. The molecule has 6 nitrogen and oxygen atoms in total. The summed E-state index contributed by atoms with van der Waals surface area (Å²) < 4.78 is 31.5. The van der Waals surface area contributed by atoms with Crippen LogP contribution in [0.4, 0.5) is 0 Å². The fourth-order valence-electron chi connectivity index (χ4n) is 1.69. The van der Waals surface area contributed by atoms with Gasteiger partial charge in [0.1, 0.15) is 0 Å². The summed E-state index contributed by atoms with van der Waals surface area (Å²) in [5, 5.41) is 8.73. The van der Waals surface area contributed by atoms with Crippen molar-refractivity contribution in [1.82, 2.24) is 4.72 Å². The lowest BCUT2D eigenvalue weighted by Crippen LogP contribution is -2.35. The average molecular weight is 271 g/mol. The molecule has 7 heteroatoms. The molecule has 1 aliphatic heterocycles. The van der Waals surface area contributed by atoms with E-state index in [9.17, 15) is 13.2 Å². The van der Waals surface area contributed by atoms with Crippen molar-refractivity contribution in [2.24, 2.45) is 0 Å². The summed E-state index contributed by atoms with van der Waals surface area (Å²) in [6.45, 7) is 0.914. The summed E-state index contributed by atoms with van der Waals surface area (Å²) in [4.78, 5) is 10.7. The van der Waals surface area contributed by atoms with Gasteiger partial charge in [0.2, 0.25) is 10.0 Å². The third-order valence-electron chi connectivity index (χ3n) is 2.66. The SMILES string of the molecule is O=C(O)c1ccc(S(=O)(=O)NC2CCOC2)cc1. The van der Waals surface area contributed by atoms with Crippen LogP contribution in [0.15, 0.2) is 29.2 Å². The molecule has 0 amide bonds. The molecule has 0 bridgehead atoms. The Morgan fingerprint density at radius 2 is 2.00 bits per heavy atom. The van der Waals surface area contributed by atoms with E-state index in [1.807, 2.05) is 0 Å². The van der Waals surface area contributed by atoms with Crippen molar-refractivity contribution >= 4 is 16.0 Å². The second kappa shape index (κ2) is 5.05. The van der Waals surface area contributed by atoms with Crippen LogP contribution in [0.1, 0.15) is 16.8 Å². The molecule has 1 saturated heterocycles. The summed E-state index contributed by atoms with van der Waals surface area (Å²) in [7, 11) is -3.61. The lowest BCUT2D eigenvalue weighted by atomic mass is 10.2. The van der Waals surface area contributed by atoms with Crippen LogP contribution in [-0.2, 0) is 14.8 Å². The summed E-state index contributed by atoms with van der Waals surface area (Å²) in [6, 6.07) is 4.88. The van der Waals surface area contributed by atoms with Crippen molar-refractivity contribution in [3.05, 3.63) is 29.8 Å². The molecule has 0 aliphatic carbocycles. The van der Waals surface area contributed by atoms with E-state index >= 15 is 0 Å². The second-order valence-electron chi connectivity index (χ2n) is 4.01. The van der Waals surface area contributed by atoms with Gasteiger partial charge in [-0.3, -0.25) is 0 Å². The molecule has 1 aromatic rings. The van der Waals surface area contributed by atoms with Gasteiger partial charge in [-0.2, -0.15) is 0 Å². The number of nitrogens with one attached hydrogen (secondary N) is 1. The van der Waals surface area contributed by atoms with Crippen molar-refractivity contribution in [2.45, 2.75) is 17.4 Å². The standard InChI is InChI=1S/C11H13NO5S/c13-11(14)8-1-3-10(4-2-8)18(15,16)12-9-5-6-17-7-9/h1-4,9,12H,5-7H2,(H,13,14). The van der Waals surface area contributed by atoms with E-state index in [1.165, 1.54) is 24.3 Å². The van der Waals surface area contributed by atoms with Crippen molar-refractivity contribution in [1.29, 1.82) is 0 Å². The Morgan fingerprint density at radius 3 is 2.50 bits per heavy atom. The number of hydrogen-bond donors (Lipinski definition) is 2. The molecule has 0 spiro atoms. The quantitative estimate of drug-likeness (QED) is 0.829. The third kappa shape index (κ3) is 2.87. The molecule has 18 heavy (non-hydrogen) atoms. The van der Waals surface area contributed by atoms with Crippen molar-refractivity contribution in [3.8, 4) is 0 Å². The molecule has 2 N–H and O–H groups in total. The van der Waals surface area contributed by atoms with Crippen LogP contribution in [0, 0.1) is 0 Å². The van der Waals surface area contributed by atoms with Gasteiger partial charge in [0.15, 0.2) is 0 Å². The van der Waals surface area contributed by atoms with E-state index < -0.39 is 16.0 Å². The first-order valence-electron chi connectivity index (χ1n) is 5.42. The Bertz CT molecular complexity index is 531. The van der Waals surface area contributed by atoms with E-state index in [-0.39, 0.29) is 16.5 Å². The van der Waals surface area contributed by atoms with Gasteiger partial charge in [0.05, 0.1) is 17.1 Å². The predicted octanol–water partition coefficient (Wildman–Crippen LogP) is 0.452. The normalized spacial score (nSPS) is 19.9. The number of rotatable bonds is 4. The number of carboxylic acids is 1. The molecule has 0 aromatic heterocycles. The number of ether oxygens (including phenoxy) is 1. The zero-order valence-electron chi connectivity index (χ0n) is 9.50. The average Bonchev–Trinajstić information content (AvgIpc) is 2.81. The summed E-state index contributed by atoms with van der Waals surface area (Å²) in [5.41, 5.74) is 0.0538. The van der Waals surface area contributed by atoms with Gasteiger partial charge in [-0.15, -0.1) is 0 Å². The minimum absolute atomic E-state index is 0.0538. The maximum Gasteiger partial charge on any atom is 0.335 e. The first kappa shape index (κ1) is 13.0. The molecule has 1 atom stereocenters. The van der Waals surface area contributed by atoms with Crippen LogP contribution in [0.25, 0.3) is 0 Å². The molecular weight excluding hydrogens is 258 g/mol. The van der Waals surface area contributed by atoms with E-state index in [4.69, 9.17) is 9.84 Å². The number of benzene rings is 1. The number of carboxylic acid groups (broad SMARTS) is 1. The largest absolute Gasteiger partial charge is 0.478 e. The predicted molar refractivity (Wildman–Crippen MR) is 62.9 cm³/mol. The van der Waals surface area contributed by atoms with Gasteiger partial charge in [0.25, 0.3) is 0 Å². The first-order valence-corrected chi connectivity index (χ1v) is 6.91. The highest BCUT2D eigenvalue weighted by atomic mass is 32.2. The van der Waals surface area contributed by atoms with Crippen molar-refractivity contribution in [3.63, 3.8) is 0 Å². The summed E-state index contributed by atoms with van der Waals surface area (Å²) in [5.74, 6) is -1.09. The minimum Gasteiger partial charge on any atom is -0.478 e. The Balaban J connectivity index is 2.16. The Kier molecular flexibility index (Phi) is 3.65. The zero-order chi connectivity index (χ0) is 13.2. The Morgan fingerprint density at radius 1 is 1.33 bits per heavy atom. The molecule has 0 saturated carbocycles. The van der Waals surface area contributed by atoms with E-state index in [1.54, 1.807) is 0 Å². The van der Waals surface area contributed by atoms with E-state index in [2.05, 4.69) is 4.72 Å². The van der Waals surface area contributed by atoms with Gasteiger partial charge < -0.3 is 9.84 Å². The molecule has 0 radical (unpaired) electrons. The topological polar surface area (TPSA) is 92.7 Å². The zero-order valence-corrected chi connectivity index (χ0v) is 10.3. The third-order valence-corrected chi connectivity index (χ3v) is 4.20. The highest BCUT2D eigenvalue weighted by molar-refractivity contribution is 7.89. The van der Waals surface area contributed by atoms with E-state index in [0.29, 0.717) is 19.6 Å². The number of sulfonamides is 1. The molecule has 1 aliphatic rings. The van der Waals surface area contributed by atoms with Crippen LogP contribution >= 0.6 is 0 Å². The van der Waals surface area contributed by atoms with Crippen LogP contribution < -0.4 is 4.72 Å². The van der Waals surface area contributed by atoms with Crippen LogP contribution in [0.3, 0.4) is 0 Å². The first-order chi connectivity index (χ1) is 8.49. The number of hydrogen-bond acceptors (Lipinski definition) is 4. The smallest absolute Gasteiger partial charge is 0.335 e. The lowest BCUT2D eigenvalue weighted by Gasteiger charge is -2.11. The van der Waals surface area contributed by atoms with E-state index in [0.717, 1.165) is 0 Å². The Hall–Kier alpha value is -1.44. The number of aromatic carboxylic acids is 1. The molecule has 1 aromatic carbocycles. The fourth-order valence-corrected chi connectivity index (χ4v) is 2.95. The second-order valence-corrected chi connectivity index (χ2v) is 5.73. The molecule has 2 rings (SSSR count). The van der Waals surface area contributed by atoms with Crippen molar-refractivity contribution < 1.29 is 23.1 Å². The van der Waals surface area contributed by atoms with Crippen LogP contribution in [0.5, 0.6) is 0 Å². The molecular formula is C11H13NO5S. The highest BCUT2D eigenvalue weighted by Gasteiger charge is 2.23. The summed E-state index contributed by atoms with van der Waals surface area (Å²) in [6.07, 6.45) is 0.645. The molecule has 1 heterocycles. The van der Waals surface area contributed by atoms with Crippen LogP contribution in [-0.4, -0.2) is 38.7 Å². The fraction of sp³-hybridized carbons (Fsp3) is 0.364. The monoisotopic (exact) mass is 271 g/mol. The number of carbonyl (C=O) groups is 1. The maximum absolute atomic E-state index is 12.0. The molecule has 1 unspecified atom stereocenters. The minimum atomic E-state index is -3.61. The van der Waals surface area contributed by atoms with Gasteiger partial charge in [-0.1, -0.05) is 0 Å². The van der Waals surface area contributed by atoms with Crippen LogP contribution in [0.2, 0.25) is 0 Å². The maximum atomic E-state index is 12.0. The van der Waals surface area contributed by atoms with Gasteiger partial charge in [-0.25, -0.2) is 17.9 Å². The molecule has 98 valence electrons. The van der Waals surface area contributed by atoms with Crippen molar-refractivity contribution in [2.75, 3.05) is 13.2 Å². The van der Waals surface area contributed by atoms with Gasteiger partial charge in [0, 0.05) is 12.6 Å². The highest BCUT2D eigenvalue weighted by Crippen LogP contribution is 2.13. The summed E-state index contributed by atoms with van der Waals surface area (Å²) >= 11 is 0. The van der Waals surface area contributed by atoms with Gasteiger partial charge >= 0.3 is 5.97 Å².